The van der Waals surface area contributed by atoms with Gasteiger partial charge in [-0.2, -0.15) is 13.2 Å². The quantitative estimate of drug-likeness (QED) is 0.625. The molecule has 0 fully saturated rings. The van der Waals surface area contributed by atoms with Crippen molar-refractivity contribution in [1.29, 1.82) is 0 Å². The zero-order valence-corrected chi connectivity index (χ0v) is 14.8. The Kier molecular flexibility index (Phi) is 4.97. The van der Waals surface area contributed by atoms with Crippen molar-refractivity contribution in [3.05, 3.63) is 52.8 Å². The van der Waals surface area contributed by atoms with Crippen LogP contribution >= 0.6 is 23.4 Å². The molecule has 0 saturated carbocycles. The van der Waals surface area contributed by atoms with Crippen LogP contribution in [0, 0.1) is 0 Å². The molecule has 1 amide bonds. The van der Waals surface area contributed by atoms with Crippen LogP contribution in [0.25, 0.3) is 0 Å². The lowest BCUT2D eigenvalue weighted by atomic mass is 10.1. The Morgan fingerprint density at radius 3 is 2.80 bits per heavy atom. The SMILES string of the molecule is CC1CCN(C(=O)c2cccnc2Cl)c2cc(C(F)(F)F)ccc2S1. The molecule has 25 heavy (non-hydrogen) atoms. The Labute approximate surface area is 152 Å². The number of anilines is 1. The number of fused-ring (bicyclic) bond motifs is 1. The number of pyridine rings is 1. The maximum atomic E-state index is 13.1. The van der Waals surface area contributed by atoms with E-state index in [1.165, 1.54) is 35.0 Å². The molecule has 0 N–H and O–H groups in total. The molecular formula is C17H14ClF3N2OS. The van der Waals surface area contributed by atoms with Gasteiger partial charge in [-0.3, -0.25) is 4.79 Å². The van der Waals surface area contributed by atoms with Gasteiger partial charge in [0.1, 0.15) is 5.15 Å². The number of rotatable bonds is 1. The number of aromatic nitrogens is 1. The monoisotopic (exact) mass is 386 g/mol. The first-order valence-corrected chi connectivity index (χ1v) is 8.83. The van der Waals surface area contributed by atoms with Crippen LogP contribution in [0.3, 0.4) is 0 Å². The Morgan fingerprint density at radius 1 is 1.36 bits per heavy atom. The third kappa shape index (κ3) is 3.77. The molecule has 1 atom stereocenters. The Bertz CT molecular complexity index is 813. The zero-order valence-electron chi connectivity index (χ0n) is 13.2. The molecule has 0 aliphatic carbocycles. The van der Waals surface area contributed by atoms with E-state index in [9.17, 15) is 18.0 Å². The minimum atomic E-state index is -4.47. The minimum Gasteiger partial charge on any atom is -0.307 e. The van der Waals surface area contributed by atoms with Gasteiger partial charge in [-0.05, 0) is 36.8 Å². The van der Waals surface area contributed by atoms with Crippen LogP contribution in [0.4, 0.5) is 18.9 Å². The standard InChI is InChI=1S/C17H14ClF3N2OS/c1-10-6-8-23(16(24)12-3-2-7-22-15(12)18)13-9-11(17(19,20)21)4-5-14(13)25-10/h2-5,7,9-10H,6,8H2,1H3. The predicted octanol–water partition coefficient (Wildman–Crippen LogP) is 5.28. The van der Waals surface area contributed by atoms with Crippen molar-refractivity contribution in [2.24, 2.45) is 0 Å². The van der Waals surface area contributed by atoms with Gasteiger partial charge < -0.3 is 4.90 Å². The van der Waals surface area contributed by atoms with Crippen molar-refractivity contribution in [2.75, 3.05) is 11.4 Å². The summed E-state index contributed by atoms with van der Waals surface area (Å²) in [5.41, 5.74) is -0.349. The van der Waals surface area contributed by atoms with E-state index >= 15 is 0 Å². The zero-order chi connectivity index (χ0) is 18.2. The molecule has 3 rings (SSSR count). The van der Waals surface area contributed by atoms with E-state index in [4.69, 9.17) is 11.6 Å². The minimum absolute atomic E-state index is 0.0333. The molecule has 0 spiro atoms. The van der Waals surface area contributed by atoms with Crippen LogP contribution in [-0.4, -0.2) is 22.7 Å². The second-order valence-electron chi connectivity index (χ2n) is 5.70. The second-order valence-corrected chi connectivity index (χ2v) is 7.53. The summed E-state index contributed by atoms with van der Waals surface area (Å²) in [5, 5.41) is 0.212. The number of nitrogens with zero attached hydrogens (tertiary/aromatic N) is 2. The fourth-order valence-corrected chi connectivity index (χ4v) is 3.91. The number of benzene rings is 1. The van der Waals surface area contributed by atoms with E-state index in [1.54, 1.807) is 6.07 Å². The molecule has 1 unspecified atom stereocenters. The van der Waals surface area contributed by atoms with Gasteiger partial charge in [0.2, 0.25) is 0 Å². The van der Waals surface area contributed by atoms with E-state index in [-0.39, 0.29) is 21.7 Å². The molecule has 8 heteroatoms. The van der Waals surface area contributed by atoms with Gasteiger partial charge in [0.05, 0.1) is 16.8 Å². The van der Waals surface area contributed by atoms with Gasteiger partial charge in [-0.15, -0.1) is 11.8 Å². The molecule has 1 aromatic carbocycles. The topological polar surface area (TPSA) is 33.2 Å². The Balaban J connectivity index is 2.09. The van der Waals surface area contributed by atoms with Crippen LogP contribution in [0.15, 0.2) is 41.4 Å². The Morgan fingerprint density at radius 2 is 2.12 bits per heavy atom. The van der Waals surface area contributed by atoms with Gasteiger partial charge >= 0.3 is 6.18 Å². The summed E-state index contributed by atoms with van der Waals surface area (Å²) in [5.74, 6) is -0.451. The number of hydrogen-bond acceptors (Lipinski definition) is 3. The largest absolute Gasteiger partial charge is 0.416 e. The van der Waals surface area contributed by atoms with Crippen molar-refractivity contribution < 1.29 is 18.0 Å². The first kappa shape index (κ1) is 18.1. The summed E-state index contributed by atoms with van der Waals surface area (Å²) >= 11 is 7.46. The van der Waals surface area contributed by atoms with Crippen LogP contribution in [0.5, 0.6) is 0 Å². The van der Waals surface area contributed by atoms with E-state index in [0.717, 1.165) is 12.1 Å². The van der Waals surface area contributed by atoms with Crippen LogP contribution in [0.1, 0.15) is 29.3 Å². The number of halogens is 4. The summed E-state index contributed by atoms with van der Waals surface area (Å²) in [7, 11) is 0. The highest BCUT2D eigenvalue weighted by Gasteiger charge is 2.34. The van der Waals surface area contributed by atoms with E-state index in [2.05, 4.69) is 4.98 Å². The van der Waals surface area contributed by atoms with Crippen LogP contribution in [-0.2, 0) is 6.18 Å². The lowest BCUT2D eigenvalue weighted by Gasteiger charge is -2.24. The van der Waals surface area contributed by atoms with Gasteiger partial charge in [0.25, 0.3) is 5.91 Å². The average Bonchev–Trinajstić information content (AvgIpc) is 2.71. The fraction of sp³-hybridized carbons (Fsp3) is 0.294. The number of carbonyl (C=O) groups is 1. The third-order valence-corrected chi connectivity index (χ3v) is 5.44. The normalized spacial score (nSPS) is 17.8. The van der Waals surface area contributed by atoms with Crippen molar-refractivity contribution >= 4 is 35.0 Å². The molecule has 2 heterocycles. The number of carbonyl (C=O) groups excluding carboxylic acids is 1. The van der Waals surface area contributed by atoms with Crippen molar-refractivity contribution in [1.82, 2.24) is 4.98 Å². The molecule has 0 radical (unpaired) electrons. The summed E-state index contributed by atoms with van der Waals surface area (Å²) in [4.78, 5) is 18.8. The van der Waals surface area contributed by atoms with Crippen molar-refractivity contribution in [2.45, 2.75) is 29.7 Å². The molecular weight excluding hydrogens is 373 g/mol. The fourth-order valence-electron chi connectivity index (χ4n) is 2.61. The molecule has 0 bridgehead atoms. The maximum absolute atomic E-state index is 13.1. The van der Waals surface area contributed by atoms with Crippen LogP contribution in [0.2, 0.25) is 5.15 Å². The van der Waals surface area contributed by atoms with Gasteiger partial charge in [-0.25, -0.2) is 4.98 Å². The molecule has 1 aliphatic rings. The maximum Gasteiger partial charge on any atom is 0.416 e. The molecule has 0 saturated heterocycles. The number of alkyl halides is 3. The number of hydrogen-bond donors (Lipinski definition) is 0. The highest BCUT2D eigenvalue weighted by molar-refractivity contribution is 8.00. The van der Waals surface area contributed by atoms with E-state index < -0.39 is 17.6 Å². The average molecular weight is 387 g/mol. The van der Waals surface area contributed by atoms with Gasteiger partial charge in [0, 0.05) is 22.9 Å². The molecule has 3 nitrogen and oxygen atoms in total. The van der Waals surface area contributed by atoms with Crippen LogP contribution < -0.4 is 4.90 Å². The Hall–Kier alpha value is -1.73. The number of amides is 1. The molecule has 1 aromatic heterocycles. The second kappa shape index (κ2) is 6.88. The summed E-state index contributed by atoms with van der Waals surface area (Å²) in [6, 6.07) is 6.59. The van der Waals surface area contributed by atoms with Gasteiger partial charge in [0.15, 0.2) is 0 Å². The molecule has 2 aromatic rings. The predicted molar refractivity (Wildman–Crippen MR) is 92.3 cm³/mol. The highest BCUT2D eigenvalue weighted by Crippen LogP contribution is 2.41. The summed E-state index contributed by atoms with van der Waals surface area (Å²) in [6.07, 6.45) is -2.36. The first-order valence-electron chi connectivity index (χ1n) is 7.57. The third-order valence-electron chi connectivity index (χ3n) is 3.90. The smallest absolute Gasteiger partial charge is 0.307 e. The first-order chi connectivity index (χ1) is 11.8. The van der Waals surface area contributed by atoms with Crippen molar-refractivity contribution in [3.8, 4) is 0 Å². The number of thioether (sulfide) groups is 1. The van der Waals surface area contributed by atoms with Gasteiger partial charge in [-0.1, -0.05) is 18.5 Å². The van der Waals surface area contributed by atoms with E-state index in [1.807, 2.05) is 6.92 Å². The lowest BCUT2D eigenvalue weighted by Crippen LogP contribution is -2.32. The summed E-state index contributed by atoms with van der Waals surface area (Å²) < 4.78 is 39.3. The molecule has 132 valence electrons. The highest BCUT2D eigenvalue weighted by atomic mass is 35.5. The lowest BCUT2D eigenvalue weighted by molar-refractivity contribution is -0.137. The van der Waals surface area contributed by atoms with Crippen molar-refractivity contribution in [3.63, 3.8) is 0 Å². The molecule has 1 aliphatic heterocycles. The van der Waals surface area contributed by atoms with E-state index in [0.29, 0.717) is 17.9 Å². The summed E-state index contributed by atoms with van der Waals surface area (Å²) in [6.45, 7) is 2.30.